The van der Waals surface area contributed by atoms with Gasteiger partial charge in [-0.2, -0.15) is 5.10 Å². The molecule has 0 atom stereocenters. The third kappa shape index (κ3) is 8.54. The Labute approximate surface area is 188 Å². The van der Waals surface area contributed by atoms with Crippen molar-refractivity contribution >= 4 is 34.1 Å². The molecule has 0 saturated carbocycles. The first-order chi connectivity index (χ1) is 14.0. The molecular formula is C25H31BrN2O2. The lowest BCUT2D eigenvalue weighted by Gasteiger charge is -2.33. The summed E-state index contributed by atoms with van der Waals surface area (Å²) in [7, 11) is 0. The molecule has 4 nitrogen and oxygen atoms in total. The smallest absolute Gasteiger partial charge is 0.277 e. The van der Waals surface area contributed by atoms with Gasteiger partial charge in [-0.15, -0.1) is 0 Å². The highest BCUT2D eigenvalue weighted by atomic mass is 79.9. The third-order valence-electron chi connectivity index (χ3n) is 4.49. The molecule has 30 heavy (non-hydrogen) atoms. The second-order valence-corrected chi connectivity index (χ2v) is 10.1. The Morgan fingerprint density at radius 3 is 2.27 bits per heavy atom. The topological polar surface area (TPSA) is 50.7 Å². The molecule has 0 spiro atoms. The lowest BCUT2D eigenvalue weighted by Crippen LogP contribution is -2.25. The summed E-state index contributed by atoms with van der Waals surface area (Å²) in [5.74, 6) is 0.361. The molecule has 0 aliphatic carbocycles. The predicted molar refractivity (Wildman–Crippen MR) is 129 cm³/mol. The van der Waals surface area contributed by atoms with Gasteiger partial charge in [0, 0.05) is 10.7 Å². The van der Waals surface area contributed by atoms with Gasteiger partial charge in [0.1, 0.15) is 5.75 Å². The van der Waals surface area contributed by atoms with Crippen LogP contribution in [0.3, 0.4) is 0 Å². The van der Waals surface area contributed by atoms with E-state index in [1.165, 1.54) is 11.8 Å². The number of rotatable bonds is 8. The van der Waals surface area contributed by atoms with E-state index in [4.69, 9.17) is 4.74 Å². The van der Waals surface area contributed by atoms with E-state index in [9.17, 15) is 4.79 Å². The van der Waals surface area contributed by atoms with Crippen LogP contribution in [-0.4, -0.2) is 18.7 Å². The molecule has 0 aliphatic rings. The van der Waals surface area contributed by atoms with Crippen LogP contribution in [0.4, 0.5) is 0 Å². The number of allylic oxidation sites excluding steroid dienone is 1. The van der Waals surface area contributed by atoms with Crippen molar-refractivity contribution in [2.75, 3.05) is 6.61 Å². The van der Waals surface area contributed by atoms with Crippen molar-refractivity contribution < 1.29 is 9.53 Å². The third-order valence-corrected chi connectivity index (χ3v) is 5.02. The van der Waals surface area contributed by atoms with Crippen molar-refractivity contribution in [1.29, 1.82) is 0 Å². The van der Waals surface area contributed by atoms with Crippen LogP contribution < -0.4 is 10.2 Å². The molecule has 0 bridgehead atoms. The number of hydrogen-bond acceptors (Lipinski definition) is 3. The molecule has 0 aliphatic heterocycles. The molecule has 2 aromatic carbocycles. The monoisotopic (exact) mass is 470 g/mol. The zero-order chi connectivity index (χ0) is 22.2. The van der Waals surface area contributed by atoms with Crippen LogP contribution in [0.1, 0.15) is 52.2 Å². The number of halogens is 1. The number of ether oxygens (including phenoxy) is 1. The van der Waals surface area contributed by atoms with E-state index >= 15 is 0 Å². The van der Waals surface area contributed by atoms with Crippen molar-refractivity contribution in [3.8, 4) is 5.75 Å². The van der Waals surface area contributed by atoms with Gasteiger partial charge in [0.15, 0.2) is 6.61 Å². The molecule has 2 aromatic rings. The molecule has 0 fully saturated rings. The maximum absolute atomic E-state index is 11.9. The highest BCUT2D eigenvalue weighted by molar-refractivity contribution is 9.10. The second kappa shape index (κ2) is 10.6. The predicted octanol–water partition coefficient (Wildman–Crippen LogP) is 6.36. The van der Waals surface area contributed by atoms with Crippen LogP contribution in [0.25, 0.3) is 6.08 Å². The standard InChI is InChI=1S/C25H31BrN2O2/c1-24(2,3)18-25(4,5)20-10-14-22(15-11-20)30-17-23(29)28-27-16-6-7-19-8-12-21(26)13-9-19/h6-16H,17-18H2,1-5H3,(H,28,29)/b7-6+,27-16-. The summed E-state index contributed by atoms with van der Waals surface area (Å²) in [6.45, 7) is 11.2. The minimum absolute atomic E-state index is 0.0760. The highest BCUT2D eigenvalue weighted by Crippen LogP contribution is 2.36. The van der Waals surface area contributed by atoms with E-state index in [0.29, 0.717) is 5.75 Å². The number of hydrazone groups is 1. The van der Waals surface area contributed by atoms with E-state index in [1.807, 2.05) is 42.5 Å². The van der Waals surface area contributed by atoms with E-state index in [-0.39, 0.29) is 23.3 Å². The summed E-state index contributed by atoms with van der Waals surface area (Å²) in [5, 5.41) is 3.90. The van der Waals surface area contributed by atoms with Crippen molar-refractivity contribution in [3.05, 3.63) is 70.2 Å². The van der Waals surface area contributed by atoms with E-state index in [2.05, 4.69) is 73.2 Å². The molecule has 0 aromatic heterocycles. The molecule has 2 rings (SSSR count). The zero-order valence-corrected chi connectivity index (χ0v) is 20.0. The van der Waals surface area contributed by atoms with Gasteiger partial charge in [-0.3, -0.25) is 4.79 Å². The van der Waals surface area contributed by atoms with Crippen LogP contribution in [-0.2, 0) is 10.2 Å². The lowest BCUT2D eigenvalue weighted by molar-refractivity contribution is -0.123. The normalized spacial score (nSPS) is 12.5. The van der Waals surface area contributed by atoms with Crippen LogP contribution >= 0.6 is 15.9 Å². The number of nitrogens with one attached hydrogen (secondary N) is 1. The molecule has 0 saturated heterocycles. The summed E-state index contributed by atoms with van der Waals surface area (Å²) in [6.07, 6.45) is 6.28. The number of hydrogen-bond donors (Lipinski definition) is 1. The van der Waals surface area contributed by atoms with Crippen molar-refractivity contribution in [2.45, 2.75) is 46.5 Å². The summed E-state index contributed by atoms with van der Waals surface area (Å²) in [6, 6.07) is 15.9. The first kappa shape index (κ1) is 23.9. The van der Waals surface area contributed by atoms with Crippen molar-refractivity contribution in [2.24, 2.45) is 10.5 Å². The average molecular weight is 471 g/mol. The summed E-state index contributed by atoms with van der Waals surface area (Å²) < 4.78 is 6.60. The molecular weight excluding hydrogens is 440 g/mol. The van der Waals surface area contributed by atoms with Gasteiger partial charge in [0.2, 0.25) is 0 Å². The number of amides is 1. The Kier molecular flexibility index (Phi) is 8.42. The Hall–Kier alpha value is -2.40. The van der Waals surface area contributed by atoms with Gasteiger partial charge < -0.3 is 4.74 Å². The van der Waals surface area contributed by atoms with E-state index < -0.39 is 0 Å². The molecule has 1 N–H and O–H groups in total. The number of carbonyl (C=O) groups is 1. The second-order valence-electron chi connectivity index (χ2n) is 9.16. The molecule has 1 amide bonds. The Morgan fingerprint density at radius 1 is 1.03 bits per heavy atom. The minimum Gasteiger partial charge on any atom is -0.484 e. The molecule has 0 heterocycles. The average Bonchev–Trinajstić information content (AvgIpc) is 2.66. The quantitative estimate of drug-likeness (QED) is 0.360. The number of nitrogens with zero attached hydrogens (tertiary/aromatic N) is 1. The van der Waals surface area contributed by atoms with Crippen LogP contribution in [0, 0.1) is 5.41 Å². The Balaban J connectivity index is 1.78. The molecule has 5 heteroatoms. The SMILES string of the molecule is CC(C)(C)CC(C)(C)c1ccc(OCC(=O)N/N=C\C=C\c2ccc(Br)cc2)cc1. The summed E-state index contributed by atoms with van der Waals surface area (Å²) in [4.78, 5) is 11.9. The van der Waals surface area contributed by atoms with Crippen LogP contribution in [0.2, 0.25) is 0 Å². The van der Waals surface area contributed by atoms with Gasteiger partial charge in [-0.25, -0.2) is 5.43 Å². The van der Waals surface area contributed by atoms with Gasteiger partial charge in [0.05, 0.1) is 0 Å². The molecule has 160 valence electrons. The number of carbonyl (C=O) groups excluding carboxylic acids is 1. The first-order valence-corrected chi connectivity index (χ1v) is 10.8. The van der Waals surface area contributed by atoms with Crippen molar-refractivity contribution in [1.82, 2.24) is 5.43 Å². The largest absolute Gasteiger partial charge is 0.484 e. The molecule has 0 radical (unpaired) electrons. The minimum atomic E-state index is -0.305. The van der Waals surface area contributed by atoms with Crippen molar-refractivity contribution in [3.63, 3.8) is 0 Å². The lowest BCUT2D eigenvalue weighted by atomic mass is 9.72. The van der Waals surface area contributed by atoms with Gasteiger partial charge in [-0.1, -0.05) is 80.9 Å². The highest BCUT2D eigenvalue weighted by Gasteiger charge is 2.27. The first-order valence-electron chi connectivity index (χ1n) is 10.0. The van der Waals surface area contributed by atoms with Crippen LogP contribution in [0.15, 0.2) is 64.2 Å². The van der Waals surface area contributed by atoms with Crippen LogP contribution in [0.5, 0.6) is 5.75 Å². The zero-order valence-electron chi connectivity index (χ0n) is 18.4. The fourth-order valence-corrected chi connectivity index (χ4v) is 3.76. The van der Waals surface area contributed by atoms with Gasteiger partial charge >= 0.3 is 0 Å². The summed E-state index contributed by atoms with van der Waals surface area (Å²) in [5.41, 5.74) is 5.10. The Morgan fingerprint density at radius 2 is 1.67 bits per heavy atom. The molecule has 0 unspecified atom stereocenters. The number of benzene rings is 2. The van der Waals surface area contributed by atoms with Gasteiger partial charge in [0.25, 0.3) is 5.91 Å². The van der Waals surface area contributed by atoms with E-state index in [1.54, 1.807) is 6.08 Å². The fourth-order valence-electron chi connectivity index (χ4n) is 3.49. The van der Waals surface area contributed by atoms with E-state index in [0.717, 1.165) is 16.5 Å². The maximum atomic E-state index is 11.9. The maximum Gasteiger partial charge on any atom is 0.277 e. The summed E-state index contributed by atoms with van der Waals surface area (Å²) >= 11 is 3.40. The fraction of sp³-hybridized carbons (Fsp3) is 0.360. The Bertz CT molecular complexity index is 877. The van der Waals surface area contributed by atoms with Gasteiger partial charge in [-0.05, 0) is 58.7 Å².